The molecular formula is C25H26ClN3O4. The predicted molar refractivity (Wildman–Crippen MR) is 125 cm³/mol. The average molecular weight is 468 g/mol. The van der Waals surface area contributed by atoms with Crippen molar-refractivity contribution in [3.63, 3.8) is 0 Å². The van der Waals surface area contributed by atoms with E-state index < -0.39 is 12.0 Å². The van der Waals surface area contributed by atoms with Crippen molar-refractivity contribution >= 4 is 29.4 Å². The van der Waals surface area contributed by atoms with Crippen LogP contribution in [-0.4, -0.2) is 40.5 Å². The first-order valence-corrected chi connectivity index (χ1v) is 11.0. The Morgan fingerprint density at radius 3 is 2.42 bits per heavy atom. The lowest BCUT2D eigenvalue weighted by atomic mass is 9.91. The van der Waals surface area contributed by atoms with E-state index in [1.165, 1.54) is 18.0 Å². The van der Waals surface area contributed by atoms with Gasteiger partial charge in [-0.25, -0.2) is 14.3 Å². The van der Waals surface area contributed by atoms with E-state index in [0.717, 1.165) is 5.56 Å². The summed E-state index contributed by atoms with van der Waals surface area (Å²) in [6.45, 7) is 1.86. The van der Waals surface area contributed by atoms with Crippen molar-refractivity contribution in [1.82, 2.24) is 14.9 Å². The van der Waals surface area contributed by atoms with Gasteiger partial charge in [-0.3, -0.25) is 9.59 Å². The van der Waals surface area contributed by atoms with Crippen molar-refractivity contribution in [2.75, 3.05) is 7.11 Å². The Morgan fingerprint density at radius 1 is 1.06 bits per heavy atom. The van der Waals surface area contributed by atoms with E-state index in [4.69, 9.17) is 11.6 Å². The molecule has 7 nitrogen and oxygen atoms in total. The highest BCUT2D eigenvalue weighted by atomic mass is 35.5. The molecule has 3 rings (SSSR count). The van der Waals surface area contributed by atoms with Gasteiger partial charge in [-0.05, 0) is 43.2 Å². The molecule has 0 aliphatic carbocycles. The number of ketones is 1. The monoisotopic (exact) mass is 467 g/mol. The van der Waals surface area contributed by atoms with E-state index in [0.29, 0.717) is 29.1 Å². The Hall–Kier alpha value is -3.45. The summed E-state index contributed by atoms with van der Waals surface area (Å²) in [6.07, 6.45) is 3.35. The summed E-state index contributed by atoms with van der Waals surface area (Å²) in [7, 11) is 1.29. The Labute approximate surface area is 197 Å². The van der Waals surface area contributed by atoms with Gasteiger partial charge in [0, 0.05) is 41.6 Å². The van der Waals surface area contributed by atoms with Crippen LogP contribution in [0, 0.1) is 5.92 Å². The molecule has 1 N–H and O–H groups in total. The first kappa shape index (κ1) is 24.2. The molecular weight excluding hydrogens is 442 g/mol. The number of hydrogen-bond acceptors (Lipinski definition) is 5. The van der Waals surface area contributed by atoms with Gasteiger partial charge in [0.1, 0.15) is 6.33 Å². The first-order chi connectivity index (χ1) is 15.9. The third-order valence-corrected chi connectivity index (χ3v) is 5.47. The number of halogens is 1. The molecule has 0 bridgehead atoms. The molecule has 1 amide bonds. The van der Waals surface area contributed by atoms with Gasteiger partial charge in [-0.2, -0.15) is 0 Å². The molecule has 0 unspecified atom stereocenters. The lowest BCUT2D eigenvalue weighted by molar-refractivity contribution is -0.125. The third kappa shape index (κ3) is 7.02. The predicted octanol–water partition coefficient (Wildman–Crippen LogP) is 4.33. The number of amides is 1. The number of rotatable bonds is 9. The average Bonchev–Trinajstić information content (AvgIpc) is 3.27. The Kier molecular flexibility index (Phi) is 8.38. The molecule has 0 radical (unpaired) electrons. The quantitative estimate of drug-likeness (QED) is 0.473. The van der Waals surface area contributed by atoms with E-state index in [1.54, 1.807) is 30.5 Å². The second-order valence-electron chi connectivity index (χ2n) is 7.88. The number of aromatic nitrogens is 2. The summed E-state index contributed by atoms with van der Waals surface area (Å²) in [4.78, 5) is 41.8. The zero-order valence-corrected chi connectivity index (χ0v) is 19.3. The number of ether oxygens (including phenoxy) is 1. The molecule has 0 fully saturated rings. The molecule has 1 aromatic heterocycles. The van der Waals surface area contributed by atoms with E-state index in [9.17, 15) is 14.4 Å². The second kappa shape index (κ2) is 11.4. The molecule has 0 spiro atoms. The van der Waals surface area contributed by atoms with Crippen LogP contribution in [0.15, 0.2) is 67.1 Å². The van der Waals surface area contributed by atoms with Crippen molar-refractivity contribution in [2.45, 2.75) is 32.2 Å². The molecule has 2 atom stereocenters. The van der Waals surface area contributed by atoms with Crippen LogP contribution in [0.2, 0.25) is 5.02 Å². The maximum Gasteiger partial charge on any atom is 0.418 e. The Bertz CT molecular complexity index is 1100. The zero-order valence-electron chi connectivity index (χ0n) is 18.5. The van der Waals surface area contributed by atoms with Gasteiger partial charge in [0.25, 0.3) is 0 Å². The fourth-order valence-corrected chi connectivity index (χ4v) is 3.66. The number of nitrogens with one attached hydrogen (secondary N) is 1. The fourth-order valence-electron chi connectivity index (χ4n) is 3.53. The second-order valence-corrected chi connectivity index (χ2v) is 8.31. The molecule has 0 aliphatic rings. The van der Waals surface area contributed by atoms with E-state index >= 15 is 0 Å². The number of nitrogens with zero attached hydrogens (tertiary/aromatic N) is 2. The highest BCUT2D eigenvalue weighted by Gasteiger charge is 2.24. The van der Waals surface area contributed by atoms with Crippen molar-refractivity contribution in [3.05, 3.63) is 89.0 Å². The van der Waals surface area contributed by atoms with Gasteiger partial charge in [0.2, 0.25) is 5.91 Å². The molecule has 0 aliphatic heterocycles. The van der Waals surface area contributed by atoms with Gasteiger partial charge in [0.05, 0.1) is 12.8 Å². The van der Waals surface area contributed by atoms with Crippen LogP contribution in [0.5, 0.6) is 0 Å². The molecule has 8 heteroatoms. The van der Waals surface area contributed by atoms with Crippen LogP contribution in [0.4, 0.5) is 4.79 Å². The molecule has 0 saturated carbocycles. The van der Waals surface area contributed by atoms with Gasteiger partial charge in [-0.15, -0.1) is 0 Å². The van der Waals surface area contributed by atoms with Crippen molar-refractivity contribution < 1.29 is 19.1 Å². The minimum absolute atomic E-state index is 0.0754. The summed E-state index contributed by atoms with van der Waals surface area (Å²) in [5.41, 5.74) is 2.14. The number of hydrogen-bond donors (Lipinski definition) is 1. The maximum atomic E-state index is 13.1. The number of Topliss-reactive ketones (excluding diaryl/α,β-unsaturated/α-hetero) is 1. The van der Waals surface area contributed by atoms with Crippen LogP contribution in [0.1, 0.15) is 35.0 Å². The Morgan fingerprint density at radius 2 is 1.76 bits per heavy atom. The van der Waals surface area contributed by atoms with Crippen LogP contribution in [-0.2, 0) is 22.4 Å². The number of methoxy groups -OCH3 is 1. The molecule has 1 heterocycles. The van der Waals surface area contributed by atoms with E-state index in [1.807, 2.05) is 37.3 Å². The van der Waals surface area contributed by atoms with Gasteiger partial charge in [-0.1, -0.05) is 41.9 Å². The van der Waals surface area contributed by atoms with E-state index in [2.05, 4.69) is 15.0 Å². The SMILES string of the molecule is COC(=O)n1cnc(C[C@@H](C)NC(=O)[C@@H](CC(=O)c2ccc(Cl)cc2)Cc2ccccc2)c1. The maximum absolute atomic E-state index is 13.1. The lowest BCUT2D eigenvalue weighted by Crippen LogP contribution is -2.40. The number of carbonyl (C=O) groups excluding carboxylic acids is 3. The number of imidazole rings is 1. The lowest BCUT2D eigenvalue weighted by Gasteiger charge is -2.20. The first-order valence-electron chi connectivity index (χ1n) is 10.6. The normalized spacial score (nSPS) is 12.6. The summed E-state index contributed by atoms with van der Waals surface area (Å²) < 4.78 is 5.91. The molecule has 172 valence electrons. The van der Waals surface area contributed by atoms with Crippen LogP contribution in [0.25, 0.3) is 0 Å². The topological polar surface area (TPSA) is 90.3 Å². The van der Waals surface area contributed by atoms with E-state index in [-0.39, 0.29) is 24.2 Å². The summed E-state index contributed by atoms with van der Waals surface area (Å²) in [5.74, 6) is -0.862. The van der Waals surface area contributed by atoms with Crippen LogP contribution in [0.3, 0.4) is 0 Å². The largest absolute Gasteiger partial charge is 0.452 e. The van der Waals surface area contributed by atoms with Gasteiger partial charge in [0.15, 0.2) is 5.78 Å². The molecule has 2 aromatic carbocycles. The smallest absolute Gasteiger partial charge is 0.418 e. The molecule has 33 heavy (non-hydrogen) atoms. The third-order valence-electron chi connectivity index (χ3n) is 5.22. The molecule has 3 aromatic rings. The fraction of sp³-hybridized carbons (Fsp3) is 0.280. The van der Waals surface area contributed by atoms with Crippen LogP contribution < -0.4 is 5.32 Å². The zero-order chi connectivity index (χ0) is 23.8. The standard InChI is InChI=1S/C25H26ClN3O4/c1-17(12-22-15-29(16-27-22)25(32)33-2)28-24(31)20(13-18-6-4-3-5-7-18)14-23(30)19-8-10-21(26)11-9-19/h3-11,15-17,20H,12-14H2,1-2H3,(H,28,31)/t17-,20-/m1/s1. The highest BCUT2D eigenvalue weighted by Crippen LogP contribution is 2.18. The van der Waals surface area contributed by atoms with Crippen molar-refractivity contribution in [1.29, 1.82) is 0 Å². The summed E-state index contributed by atoms with van der Waals surface area (Å²) >= 11 is 5.92. The minimum atomic E-state index is -0.536. The highest BCUT2D eigenvalue weighted by molar-refractivity contribution is 6.30. The number of benzene rings is 2. The molecule has 0 saturated heterocycles. The van der Waals surface area contributed by atoms with Gasteiger partial charge >= 0.3 is 6.09 Å². The minimum Gasteiger partial charge on any atom is -0.452 e. The van der Waals surface area contributed by atoms with Crippen molar-refractivity contribution in [2.24, 2.45) is 5.92 Å². The summed E-state index contributed by atoms with van der Waals surface area (Å²) in [6, 6.07) is 16.0. The van der Waals surface area contributed by atoms with Crippen molar-refractivity contribution in [3.8, 4) is 0 Å². The summed E-state index contributed by atoms with van der Waals surface area (Å²) in [5, 5.41) is 3.54. The Balaban J connectivity index is 1.68. The number of carbonyl (C=O) groups is 3. The van der Waals surface area contributed by atoms with Crippen LogP contribution >= 0.6 is 11.6 Å². The van der Waals surface area contributed by atoms with Gasteiger partial charge < -0.3 is 10.1 Å².